The van der Waals surface area contributed by atoms with Crippen LogP contribution >= 0.6 is 0 Å². The Balaban J connectivity index is -0.0000000492. The van der Waals surface area contributed by atoms with Crippen LogP contribution in [0.1, 0.15) is 128 Å². The Bertz CT molecular complexity index is 82.7. The van der Waals surface area contributed by atoms with Crippen molar-refractivity contribution < 1.29 is 0 Å². The molecule has 20 heavy (non-hydrogen) atoms. The molecular weight excluding hydrogens is 240 g/mol. The van der Waals surface area contributed by atoms with Crippen LogP contribution in [0.2, 0.25) is 0 Å². The molecule has 0 saturated carbocycles. The van der Waals surface area contributed by atoms with Gasteiger partial charge in [0, 0.05) is 0 Å². The zero-order valence-electron chi connectivity index (χ0n) is 17.4. The molecule has 0 aliphatic carbocycles. The van der Waals surface area contributed by atoms with Crippen LogP contribution in [0.4, 0.5) is 0 Å². The van der Waals surface area contributed by atoms with E-state index in [4.69, 9.17) is 0 Å². The molecule has 0 fully saturated rings. The minimum absolute atomic E-state index is 0.542. The van der Waals surface area contributed by atoms with Gasteiger partial charge in [0.1, 0.15) is 0 Å². The van der Waals surface area contributed by atoms with Crippen LogP contribution in [0, 0.1) is 5.41 Å². The Labute approximate surface area is 134 Å². The normalized spacial score (nSPS) is 8.40. The van der Waals surface area contributed by atoms with Crippen molar-refractivity contribution in [3.63, 3.8) is 0 Å². The number of rotatable bonds is 3. The van der Waals surface area contributed by atoms with Gasteiger partial charge in [0.2, 0.25) is 0 Å². The molecule has 0 heteroatoms. The van der Waals surface area contributed by atoms with E-state index in [1.807, 2.05) is 13.8 Å². The molecule has 0 aromatic heterocycles. The van der Waals surface area contributed by atoms with E-state index in [0.717, 1.165) is 0 Å². The maximum atomic E-state index is 2.24. The van der Waals surface area contributed by atoms with E-state index in [1.165, 1.54) is 44.9 Å². The lowest BCUT2D eigenvalue weighted by atomic mass is 9.94. The fourth-order valence-electron chi connectivity index (χ4n) is 0.354. The summed E-state index contributed by atoms with van der Waals surface area (Å²) in [7, 11) is 0. The van der Waals surface area contributed by atoms with Gasteiger partial charge in [-0.05, 0) is 5.41 Å². The predicted octanol–water partition coefficient (Wildman–Crippen LogP) is 8.89. The molecule has 0 aliphatic heterocycles. The standard InChI is InChI=1S/C6H14.C5H12.C4H10.C3H8.C2H6/c1-5-6(2,3)4;1-3-5-4-2;1-3-4-2;1-3-2;1-2/h5H2,1-4H3;3-5H2,1-2H3;3-4H2,1-2H3;3H2,1-2H3;1-2H3. The summed E-state index contributed by atoms with van der Waals surface area (Å²) in [4.78, 5) is 0. The van der Waals surface area contributed by atoms with Crippen LogP contribution < -0.4 is 0 Å². The third-order valence-electron chi connectivity index (χ3n) is 2.27. The van der Waals surface area contributed by atoms with Crippen molar-refractivity contribution in [1.29, 1.82) is 0 Å². The lowest BCUT2D eigenvalue weighted by Crippen LogP contribution is -2.00. The average Bonchev–Trinajstić information content (AvgIpc) is 2.43. The highest BCUT2D eigenvalue weighted by Crippen LogP contribution is 2.16. The third-order valence-corrected chi connectivity index (χ3v) is 2.27. The quantitative estimate of drug-likeness (QED) is 0.486. The molecule has 0 amide bonds. The molecule has 0 bridgehead atoms. The highest BCUT2D eigenvalue weighted by molar-refractivity contribution is 4.55. The van der Waals surface area contributed by atoms with Gasteiger partial charge in [0.25, 0.3) is 0 Å². The Hall–Kier alpha value is 0. The first kappa shape index (κ1) is 32.1. The van der Waals surface area contributed by atoms with Gasteiger partial charge in [-0.25, -0.2) is 0 Å². The Morgan fingerprint density at radius 3 is 0.750 bits per heavy atom. The number of unbranched alkanes of at least 4 members (excludes halogenated alkanes) is 3. The van der Waals surface area contributed by atoms with Crippen molar-refractivity contribution in [3.8, 4) is 0 Å². The summed E-state index contributed by atoms with van der Waals surface area (Å²) in [6.45, 7) is 26.0. The SMILES string of the molecule is CC.CCC.CCC(C)(C)C.CCCC.CCCCC. The first-order valence-corrected chi connectivity index (χ1v) is 9.30. The first-order chi connectivity index (χ1) is 9.30. The second-order valence-corrected chi connectivity index (χ2v) is 5.97. The zero-order chi connectivity index (χ0) is 17.4. The summed E-state index contributed by atoms with van der Waals surface area (Å²) in [6.07, 6.45) is 9.24. The average molecular weight is 291 g/mol. The summed E-state index contributed by atoms with van der Waals surface area (Å²) >= 11 is 0. The van der Waals surface area contributed by atoms with Crippen LogP contribution in [0.25, 0.3) is 0 Å². The van der Waals surface area contributed by atoms with Crippen molar-refractivity contribution in [2.24, 2.45) is 5.41 Å². The minimum Gasteiger partial charge on any atom is -0.0683 e. The maximum absolute atomic E-state index is 2.24. The molecule has 0 saturated heterocycles. The Kier molecular flexibility index (Phi) is 58.4. The van der Waals surface area contributed by atoms with E-state index < -0.39 is 0 Å². The lowest BCUT2D eigenvalue weighted by Gasteiger charge is -2.12. The number of hydrogen-bond donors (Lipinski definition) is 0. The van der Waals surface area contributed by atoms with Crippen LogP contribution in [-0.2, 0) is 0 Å². The van der Waals surface area contributed by atoms with Crippen molar-refractivity contribution in [2.45, 2.75) is 128 Å². The molecule has 130 valence electrons. The number of hydrogen-bond acceptors (Lipinski definition) is 0. The van der Waals surface area contributed by atoms with E-state index >= 15 is 0 Å². The fraction of sp³-hybridized carbons (Fsp3) is 1.00. The molecule has 0 unspecified atom stereocenters. The molecule has 0 atom stereocenters. The van der Waals surface area contributed by atoms with Crippen LogP contribution in [0.5, 0.6) is 0 Å². The van der Waals surface area contributed by atoms with Crippen LogP contribution in [0.15, 0.2) is 0 Å². The summed E-state index contributed by atoms with van der Waals surface area (Å²) in [5, 5.41) is 0. The zero-order valence-corrected chi connectivity index (χ0v) is 17.4. The molecule has 0 spiro atoms. The van der Waals surface area contributed by atoms with Crippen LogP contribution in [0.3, 0.4) is 0 Å². The van der Waals surface area contributed by atoms with E-state index in [1.54, 1.807) is 0 Å². The first-order valence-electron chi connectivity index (χ1n) is 9.30. The fourth-order valence-corrected chi connectivity index (χ4v) is 0.354. The Morgan fingerprint density at radius 2 is 0.750 bits per heavy atom. The minimum atomic E-state index is 0.542. The third kappa shape index (κ3) is 144. The summed E-state index contributed by atoms with van der Waals surface area (Å²) in [6, 6.07) is 0. The van der Waals surface area contributed by atoms with E-state index in [9.17, 15) is 0 Å². The van der Waals surface area contributed by atoms with Gasteiger partial charge in [0.15, 0.2) is 0 Å². The molecule has 0 rings (SSSR count). The van der Waals surface area contributed by atoms with Gasteiger partial charge in [-0.2, -0.15) is 0 Å². The molecular formula is C20H50. The largest absolute Gasteiger partial charge is 0.0683 e. The van der Waals surface area contributed by atoms with Gasteiger partial charge in [-0.15, -0.1) is 0 Å². The summed E-state index contributed by atoms with van der Waals surface area (Å²) in [5.41, 5.74) is 0.542. The van der Waals surface area contributed by atoms with Gasteiger partial charge in [0.05, 0.1) is 0 Å². The van der Waals surface area contributed by atoms with Crippen molar-refractivity contribution in [2.75, 3.05) is 0 Å². The van der Waals surface area contributed by atoms with Gasteiger partial charge in [-0.1, -0.05) is 128 Å². The van der Waals surface area contributed by atoms with E-state index in [2.05, 4.69) is 69.2 Å². The highest BCUT2D eigenvalue weighted by Gasteiger charge is 2.03. The predicted molar refractivity (Wildman–Crippen MR) is 103 cm³/mol. The molecule has 0 N–H and O–H groups in total. The Morgan fingerprint density at radius 1 is 0.550 bits per heavy atom. The van der Waals surface area contributed by atoms with Gasteiger partial charge >= 0.3 is 0 Å². The lowest BCUT2D eigenvalue weighted by molar-refractivity contribution is 0.398. The summed E-state index contributed by atoms with van der Waals surface area (Å²) < 4.78 is 0. The van der Waals surface area contributed by atoms with E-state index in [-0.39, 0.29) is 0 Å². The monoisotopic (exact) mass is 290 g/mol. The van der Waals surface area contributed by atoms with Crippen LogP contribution in [-0.4, -0.2) is 0 Å². The smallest absolute Gasteiger partial charge is 0.0385 e. The van der Waals surface area contributed by atoms with Crippen molar-refractivity contribution in [1.82, 2.24) is 0 Å². The molecule has 0 aromatic rings. The molecule has 0 nitrogen and oxygen atoms in total. The molecule has 0 aromatic carbocycles. The van der Waals surface area contributed by atoms with Crippen molar-refractivity contribution >= 4 is 0 Å². The highest BCUT2D eigenvalue weighted by atomic mass is 14.1. The van der Waals surface area contributed by atoms with Gasteiger partial charge < -0.3 is 0 Å². The van der Waals surface area contributed by atoms with E-state index in [0.29, 0.717) is 5.41 Å². The molecule has 0 radical (unpaired) electrons. The second-order valence-electron chi connectivity index (χ2n) is 5.97. The molecule has 0 heterocycles. The second kappa shape index (κ2) is 36.4. The van der Waals surface area contributed by atoms with Gasteiger partial charge in [-0.3, -0.25) is 0 Å². The topological polar surface area (TPSA) is 0 Å². The maximum Gasteiger partial charge on any atom is -0.0385 e. The summed E-state index contributed by atoms with van der Waals surface area (Å²) in [5.74, 6) is 0. The molecule has 0 aliphatic rings. The van der Waals surface area contributed by atoms with Crippen molar-refractivity contribution in [3.05, 3.63) is 0 Å².